The number of hydrogen-bond donors (Lipinski definition) is 3. The molecule has 4 atom stereocenters. The van der Waals surface area contributed by atoms with Crippen LogP contribution in [-0.4, -0.2) is 86.5 Å². The number of benzene rings is 1. The van der Waals surface area contributed by atoms with Gasteiger partial charge in [-0.3, -0.25) is 14.2 Å². The van der Waals surface area contributed by atoms with Crippen molar-refractivity contribution >= 4 is 28.9 Å². The van der Waals surface area contributed by atoms with E-state index in [-0.39, 0.29) is 17.6 Å². The van der Waals surface area contributed by atoms with Crippen molar-refractivity contribution in [2.75, 3.05) is 31.9 Å². The SMILES string of the molecule is O=C(Nc1ncnc2c1ncn2[C@@H]1O[C@H](CO)[C@@H](O)[C@H]1OCOC(=O)C1CCOCC1)c1ccccc1. The number of nitrogens with zero attached hydrogens (tertiary/aromatic N) is 4. The second-order valence-corrected chi connectivity index (χ2v) is 8.70. The van der Waals surface area contributed by atoms with Gasteiger partial charge in [-0.05, 0) is 25.0 Å². The van der Waals surface area contributed by atoms with Crippen LogP contribution in [0, 0.1) is 5.92 Å². The van der Waals surface area contributed by atoms with Crippen molar-refractivity contribution < 1.29 is 38.7 Å². The Labute approximate surface area is 211 Å². The summed E-state index contributed by atoms with van der Waals surface area (Å²) < 4.78 is 23.6. The zero-order valence-corrected chi connectivity index (χ0v) is 19.8. The van der Waals surface area contributed by atoms with Crippen molar-refractivity contribution in [2.45, 2.75) is 37.4 Å². The minimum atomic E-state index is -1.21. The van der Waals surface area contributed by atoms with Gasteiger partial charge in [-0.2, -0.15) is 0 Å². The van der Waals surface area contributed by atoms with Gasteiger partial charge in [0, 0.05) is 18.8 Å². The zero-order chi connectivity index (χ0) is 25.8. The molecule has 5 rings (SSSR count). The molecule has 0 spiro atoms. The number of nitrogens with one attached hydrogen (secondary N) is 1. The van der Waals surface area contributed by atoms with Gasteiger partial charge in [-0.25, -0.2) is 15.0 Å². The van der Waals surface area contributed by atoms with E-state index in [1.807, 2.05) is 0 Å². The summed E-state index contributed by atoms with van der Waals surface area (Å²) in [6.45, 7) is 0.133. The Morgan fingerprint density at radius 2 is 1.92 bits per heavy atom. The molecule has 0 bridgehead atoms. The zero-order valence-electron chi connectivity index (χ0n) is 19.8. The van der Waals surface area contributed by atoms with Crippen LogP contribution >= 0.6 is 0 Å². The highest BCUT2D eigenvalue weighted by Gasteiger charge is 2.46. The molecular formula is C24H27N5O8. The molecule has 2 saturated heterocycles. The predicted octanol–water partition coefficient (Wildman–Crippen LogP) is 0.642. The molecule has 0 radical (unpaired) electrons. The Morgan fingerprint density at radius 3 is 2.68 bits per heavy atom. The van der Waals surface area contributed by atoms with E-state index in [0.717, 1.165) is 0 Å². The molecule has 2 aromatic heterocycles. The second kappa shape index (κ2) is 11.3. The molecule has 2 fully saturated rings. The molecule has 1 aromatic carbocycles. The normalized spacial score (nSPS) is 24.3. The third-order valence-corrected chi connectivity index (χ3v) is 6.41. The Bertz CT molecular complexity index is 1230. The summed E-state index contributed by atoms with van der Waals surface area (Å²) in [5.74, 6) is -0.832. The number of anilines is 1. The first kappa shape index (κ1) is 25.2. The van der Waals surface area contributed by atoms with E-state index in [4.69, 9.17) is 18.9 Å². The van der Waals surface area contributed by atoms with Crippen molar-refractivity contribution in [3.8, 4) is 0 Å². The van der Waals surface area contributed by atoms with Crippen molar-refractivity contribution in [1.29, 1.82) is 0 Å². The van der Waals surface area contributed by atoms with Gasteiger partial charge in [0.15, 0.2) is 30.0 Å². The molecule has 3 aromatic rings. The Morgan fingerprint density at radius 1 is 1.14 bits per heavy atom. The molecule has 0 aliphatic carbocycles. The second-order valence-electron chi connectivity index (χ2n) is 8.70. The van der Waals surface area contributed by atoms with Crippen LogP contribution in [0.5, 0.6) is 0 Å². The average Bonchev–Trinajstić information content (AvgIpc) is 3.51. The van der Waals surface area contributed by atoms with Crippen LogP contribution in [0.1, 0.15) is 29.4 Å². The highest BCUT2D eigenvalue weighted by Crippen LogP contribution is 2.34. The third kappa shape index (κ3) is 5.31. The third-order valence-electron chi connectivity index (χ3n) is 6.41. The average molecular weight is 514 g/mol. The molecule has 37 heavy (non-hydrogen) atoms. The largest absolute Gasteiger partial charge is 0.438 e. The van der Waals surface area contributed by atoms with E-state index in [2.05, 4.69) is 20.3 Å². The minimum absolute atomic E-state index is 0.192. The van der Waals surface area contributed by atoms with Crippen LogP contribution in [0.25, 0.3) is 11.2 Å². The summed E-state index contributed by atoms with van der Waals surface area (Å²) in [6, 6.07) is 8.65. The van der Waals surface area contributed by atoms with E-state index < -0.39 is 43.9 Å². The van der Waals surface area contributed by atoms with Gasteiger partial charge in [0.05, 0.1) is 18.9 Å². The molecule has 196 valence electrons. The van der Waals surface area contributed by atoms with Crippen LogP contribution in [0.15, 0.2) is 43.0 Å². The molecule has 0 unspecified atom stereocenters. The van der Waals surface area contributed by atoms with Gasteiger partial charge in [-0.15, -0.1) is 0 Å². The lowest BCUT2D eigenvalue weighted by molar-refractivity contribution is -0.177. The molecule has 2 aliphatic heterocycles. The maximum Gasteiger partial charge on any atom is 0.311 e. The van der Waals surface area contributed by atoms with Crippen molar-refractivity contribution in [3.05, 3.63) is 48.5 Å². The number of rotatable bonds is 8. The quantitative estimate of drug-likeness (QED) is 0.286. The van der Waals surface area contributed by atoms with Gasteiger partial charge >= 0.3 is 5.97 Å². The summed E-state index contributed by atoms with van der Waals surface area (Å²) in [6.07, 6.45) is -0.284. The molecule has 1 amide bonds. The first-order valence-electron chi connectivity index (χ1n) is 11.9. The molecular weight excluding hydrogens is 486 g/mol. The maximum atomic E-state index is 12.6. The lowest BCUT2D eigenvalue weighted by atomic mass is 10.0. The fraction of sp³-hybridized carbons (Fsp3) is 0.458. The number of aliphatic hydroxyl groups is 2. The summed E-state index contributed by atoms with van der Waals surface area (Å²) in [7, 11) is 0. The fourth-order valence-corrected chi connectivity index (χ4v) is 4.39. The smallest absolute Gasteiger partial charge is 0.311 e. The van der Waals surface area contributed by atoms with Crippen molar-refractivity contribution in [1.82, 2.24) is 19.5 Å². The summed E-state index contributed by atoms with van der Waals surface area (Å²) in [5, 5.41) is 23.1. The van der Waals surface area contributed by atoms with Gasteiger partial charge in [-0.1, -0.05) is 18.2 Å². The van der Waals surface area contributed by atoms with Crippen molar-refractivity contribution in [2.24, 2.45) is 5.92 Å². The summed E-state index contributed by atoms with van der Waals surface area (Å²) >= 11 is 0. The summed E-state index contributed by atoms with van der Waals surface area (Å²) in [5.41, 5.74) is 1.05. The standard InChI is InChI=1S/C24H27N5O8/c30-10-16-18(31)19(35-13-36-24(33)15-6-8-34-9-7-15)23(37-16)29-12-27-17-20(25-11-26-21(17)29)28-22(32)14-4-2-1-3-5-14/h1-5,11-12,15-16,18-19,23,30-31H,6-10,13H2,(H,25,26,28,32)/t16-,18-,19-,23-/m1/s1. The first-order valence-corrected chi connectivity index (χ1v) is 11.9. The van der Waals surface area contributed by atoms with Crippen LogP contribution < -0.4 is 5.32 Å². The lowest BCUT2D eigenvalue weighted by Gasteiger charge is -2.23. The molecule has 13 nitrogen and oxygen atoms in total. The van der Waals surface area contributed by atoms with Gasteiger partial charge in [0.25, 0.3) is 5.91 Å². The maximum absolute atomic E-state index is 12.6. The number of hydrogen-bond acceptors (Lipinski definition) is 11. The number of fused-ring (bicyclic) bond motifs is 1. The Kier molecular flexibility index (Phi) is 7.67. The van der Waals surface area contributed by atoms with E-state index in [1.54, 1.807) is 30.3 Å². The highest BCUT2D eigenvalue weighted by molar-refractivity contribution is 6.06. The van der Waals surface area contributed by atoms with Crippen LogP contribution in [0.2, 0.25) is 0 Å². The summed E-state index contributed by atoms with van der Waals surface area (Å²) in [4.78, 5) is 37.7. The minimum Gasteiger partial charge on any atom is -0.438 e. The molecule has 3 N–H and O–H groups in total. The van der Waals surface area contributed by atoms with E-state index >= 15 is 0 Å². The Balaban J connectivity index is 1.33. The van der Waals surface area contributed by atoms with E-state index in [1.165, 1.54) is 17.2 Å². The number of esters is 1. The first-order chi connectivity index (χ1) is 18.1. The Hall–Kier alpha value is -3.49. The van der Waals surface area contributed by atoms with E-state index in [9.17, 15) is 19.8 Å². The number of aliphatic hydroxyl groups excluding tert-OH is 2. The highest BCUT2D eigenvalue weighted by atomic mass is 16.7. The number of amides is 1. The van der Waals surface area contributed by atoms with Crippen molar-refractivity contribution in [3.63, 3.8) is 0 Å². The number of ether oxygens (including phenoxy) is 4. The van der Waals surface area contributed by atoms with Crippen LogP contribution in [0.3, 0.4) is 0 Å². The molecule has 0 saturated carbocycles. The van der Waals surface area contributed by atoms with Gasteiger partial charge < -0.3 is 34.5 Å². The molecule has 4 heterocycles. The van der Waals surface area contributed by atoms with Crippen LogP contribution in [-0.2, 0) is 23.7 Å². The van der Waals surface area contributed by atoms with E-state index in [0.29, 0.717) is 42.8 Å². The predicted molar refractivity (Wildman–Crippen MR) is 126 cm³/mol. The molecule has 13 heteroatoms. The van der Waals surface area contributed by atoms with Crippen LogP contribution in [0.4, 0.5) is 5.82 Å². The topological polar surface area (TPSA) is 167 Å². The number of aromatic nitrogens is 4. The lowest BCUT2D eigenvalue weighted by Crippen LogP contribution is -2.36. The van der Waals surface area contributed by atoms with Gasteiger partial charge in [0.2, 0.25) is 0 Å². The monoisotopic (exact) mass is 513 g/mol. The number of carbonyl (C=O) groups is 2. The number of carbonyl (C=O) groups excluding carboxylic acids is 2. The fourth-order valence-electron chi connectivity index (χ4n) is 4.39. The number of imidazole rings is 1. The molecule has 2 aliphatic rings. The van der Waals surface area contributed by atoms with Gasteiger partial charge in [0.1, 0.15) is 24.6 Å².